The fraction of sp³-hybridized carbons (Fsp3) is 0.175. The molecule has 0 N–H and O–H groups in total. The van der Waals surface area contributed by atoms with Crippen molar-refractivity contribution in [1.82, 2.24) is 0 Å². The lowest BCUT2D eigenvalue weighted by atomic mass is 9.77. The molecule has 2 aliphatic carbocycles. The lowest BCUT2D eigenvalue weighted by Gasteiger charge is -2.29. The second kappa shape index (κ2) is 18.8. The van der Waals surface area contributed by atoms with Crippen LogP contribution in [0.5, 0.6) is 0 Å². The van der Waals surface area contributed by atoms with Crippen molar-refractivity contribution in [2.45, 2.75) is 67.2 Å². The molecule has 1 atom stereocenters. The summed E-state index contributed by atoms with van der Waals surface area (Å²) >= 11 is 0. The van der Waals surface area contributed by atoms with Crippen molar-refractivity contribution in [3.8, 4) is 44.5 Å². The number of nitrogens with zero attached hydrogens (tertiary/aromatic N) is 1. The van der Waals surface area contributed by atoms with Crippen molar-refractivity contribution in [2.24, 2.45) is 5.92 Å². The molecule has 0 heterocycles. The monoisotopic (exact) mass is 831 g/mol. The normalized spacial score (nSPS) is 14.9. The van der Waals surface area contributed by atoms with Gasteiger partial charge in [-0.05, 0) is 171 Å². The molecule has 0 amide bonds. The van der Waals surface area contributed by atoms with Gasteiger partial charge in [-0.2, -0.15) is 0 Å². The molecule has 0 spiro atoms. The zero-order chi connectivity index (χ0) is 45.0. The van der Waals surface area contributed by atoms with Gasteiger partial charge in [0.2, 0.25) is 0 Å². The van der Waals surface area contributed by atoms with E-state index < -0.39 is 0 Å². The first-order valence-corrected chi connectivity index (χ1v) is 23.0. The zero-order valence-electron chi connectivity index (χ0n) is 38.9. The number of allylic oxidation sites excluding steroid dienone is 9. The van der Waals surface area contributed by atoms with Gasteiger partial charge in [-0.25, -0.2) is 0 Å². The summed E-state index contributed by atoms with van der Waals surface area (Å²) in [6, 6.07) is 56.5. The highest BCUT2D eigenvalue weighted by atomic mass is 15.1. The summed E-state index contributed by atoms with van der Waals surface area (Å²) in [6.45, 7) is 21.6. The average Bonchev–Trinajstić information content (AvgIpc) is 3.56. The molecule has 0 aromatic heterocycles. The molecule has 2 aliphatic rings. The van der Waals surface area contributed by atoms with Gasteiger partial charge in [0.15, 0.2) is 0 Å². The van der Waals surface area contributed by atoms with Crippen molar-refractivity contribution in [3.63, 3.8) is 0 Å². The maximum Gasteiger partial charge on any atom is 0.0467 e. The topological polar surface area (TPSA) is 3.24 Å². The van der Waals surface area contributed by atoms with Crippen LogP contribution in [-0.2, 0) is 5.41 Å². The molecule has 9 rings (SSSR count). The Balaban J connectivity index is 0.00000276. The molecule has 1 unspecified atom stereocenters. The van der Waals surface area contributed by atoms with Crippen LogP contribution in [0.4, 0.5) is 17.1 Å². The van der Waals surface area contributed by atoms with Gasteiger partial charge in [0.05, 0.1) is 0 Å². The van der Waals surface area contributed by atoms with Crippen LogP contribution >= 0.6 is 0 Å². The predicted octanol–water partition coefficient (Wildman–Crippen LogP) is 18.2. The minimum Gasteiger partial charge on any atom is -0.310 e. The maximum atomic E-state index is 4.04. The van der Waals surface area contributed by atoms with E-state index in [0.717, 1.165) is 34.6 Å². The van der Waals surface area contributed by atoms with E-state index in [9.17, 15) is 0 Å². The standard InChI is InChI=1S/C61H55N.C2H6/c1-8-10-17-44(9-2)45-26-28-46(29-27-45)47-30-33-51(34-31-47)62(52-32-23-43(5)56(39-52)54-20-15-14-16-42(54)4)53-35-36-55-58-38-50(48-24-21-41(3)22-25-48)37-57(49-18-12-11-13-19-49)60(58)61(6,7)59(55)40-53;1-2/h8-21,23-41H,2,22H2,1,3-7H3;1-2H3/b10-8-,44-17+;. The Morgan fingerprint density at radius 2 is 1.23 bits per heavy atom. The summed E-state index contributed by atoms with van der Waals surface area (Å²) in [6.07, 6.45) is 16.3. The number of anilines is 3. The largest absolute Gasteiger partial charge is 0.310 e. The predicted molar refractivity (Wildman–Crippen MR) is 280 cm³/mol. The third-order valence-electron chi connectivity index (χ3n) is 13.0. The van der Waals surface area contributed by atoms with E-state index in [1.165, 1.54) is 77.9 Å². The number of aryl methyl sites for hydroxylation is 2. The van der Waals surface area contributed by atoms with Crippen LogP contribution in [0.2, 0.25) is 0 Å². The number of rotatable bonds is 10. The SMILES string of the molecule is C=C/C(=C\C=C/C)c1ccc(-c2ccc(N(c3ccc(C)c(-c4ccccc4C)c3)c3ccc4c(c3)C(C)(C)c3c(-c5ccccc5)cc(C5=CCC(C)C=C5)cc3-4)cc2)cc1.CC. The molecule has 0 bridgehead atoms. The Morgan fingerprint density at radius 1 is 0.609 bits per heavy atom. The van der Waals surface area contributed by atoms with Gasteiger partial charge in [0.25, 0.3) is 0 Å². The summed E-state index contributed by atoms with van der Waals surface area (Å²) in [5, 5.41) is 0. The van der Waals surface area contributed by atoms with E-state index in [-0.39, 0.29) is 5.41 Å². The summed E-state index contributed by atoms with van der Waals surface area (Å²) in [5.41, 5.74) is 23.3. The van der Waals surface area contributed by atoms with Gasteiger partial charge >= 0.3 is 0 Å². The molecular formula is C63H61N. The van der Waals surface area contributed by atoms with Gasteiger partial charge in [-0.3, -0.25) is 0 Å². The summed E-state index contributed by atoms with van der Waals surface area (Å²) in [7, 11) is 0. The van der Waals surface area contributed by atoms with Crippen molar-refractivity contribution < 1.29 is 0 Å². The summed E-state index contributed by atoms with van der Waals surface area (Å²) in [4.78, 5) is 2.44. The highest BCUT2D eigenvalue weighted by molar-refractivity contribution is 5.94. The number of hydrogen-bond donors (Lipinski definition) is 0. The van der Waals surface area contributed by atoms with Crippen molar-refractivity contribution in [3.05, 3.63) is 234 Å². The Labute approximate surface area is 383 Å². The first kappa shape index (κ1) is 43.7. The molecule has 1 heteroatoms. The average molecular weight is 832 g/mol. The number of hydrogen-bond acceptors (Lipinski definition) is 1. The number of benzene rings is 7. The fourth-order valence-corrected chi connectivity index (χ4v) is 9.54. The van der Waals surface area contributed by atoms with Gasteiger partial charge in [-0.1, -0.05) is 187 Å². The van der Waals surface area contributed by atoms with Gasteiger partial charge < -0.3 is 4.90 Å². The molecule has 0 fully saturated rings. The minimum atomic E-state index is -0.246. The smallest absolute Gasteiger partial charge is 0.0467 e. The Bertz CT molecular complexity index is 2930. The van der Waals surface area contributed by atoms with E-state index in [4.69, 9.17) is 0 Å². The molecule has 0 saturated heterocycles. The Hall–Kier alpha value is -6.96. The van der Waals surface area contributed by atoms with E-state index >= 15 is 0 Å². The second-order valence-corrected chi connectivity index (χ2v) is 17.5. The molecule has 0 aliphatic heterocycles. The Kier molecular flexibility index (Phi) is 12.8. The molecule has 7 aromatic carbocycles. The molecule has 0 saturated carbocycles. The van der Waals surface area contributed by atoms with E-state index in [0.29, 0.717) is 5.92 Å². The van der Waals surface area contributed by atoms with E-state index in [1.807, 2.05) is 32.9 Å². The minimum absolute atomic E-state index is 0.246. The first-order chi connectivity index (χ1) is 31.1. The van der Waals surface area contributed by atoms with E-state index in [1.54, 1.807) is 0 Å². The van der Waals surface area contributed by atoms with Crippen LogP contribution in [0.3, 0.4) is 0 Å². The van der Waals surface area contributed by atoms with Crippen molar-refractivity contribution in [1.29, 1.82) is 0 Å². The molecule has 64 heavy (non-hydrogen) atoms. The molecule has 7 aromatic rings. The lowest BCUT2D eigenvalue weighted by molar-refractivity contribution is 0.662. The van der Waals surface area contributed by atoms with Crippen LogP contribution in [0, 0.1) is 19.8 Å². The lowest BCUT2D eigenvalue weighted by Crippen LogP contribution is -2.18. The third-order valence-corrected chi connectivity index (χ3v) is 13.0. The zero-order valence-corrected chi connectivity index (χ0v) is 38.9. The van der Waals surface area contributed by atoms with Gasteiger partial charge in [0, 0.05) is 22.5 Å². The molecule has 318 valence electrons. The second-order valence-electron chi connectivity index (χ2n) is 17.5. The third kappa shape index (κ3) is 8.44. The maximum absolute atomic E-state index is 4.04. The molecular weight excluding hydrogens is 771 g/mol. The fourth-order valence-electron chi connectivity index (χ4n) is 9.54. The summed E-state index contributed by atoms with van der Waals surface area (Å²) in [5.74, 6) is 0.564. The number of fused-ring (bicyclic) bond motifs is 3. The Morgan fingerprint density at radius 3 is 1.91 bits per heavy atom. The van der Waals surface area contributed by atoms with Crippen LogP contribution in [-0.4, -0.2) is 0 Å². The van der Waals surface area contributed by atoms with Crippen molar-refractivity contribution in [2.75, 3.05) is 4.90 Å². The molecule has 0 radical (unpaired) electrons. The van der Waals surface area contributed by atoms with Gasteiger partial charge in [0.1, 0.15) is 0 Å². The van der Waals surface area contributed by atoms with Crippen LogP contribution in [0.15, 0.2) is 201 Å². The highest BCUT2D eigenvalue weighted by Gasteiger charge is 2.39. The van der Waals surface area contributed by atoms with E-state index in [2.05, 4.69) is 228 Å². The summed E-state index contributed by atoms with van der Waals surface area (Å²) < 4.78 is 0. The van der Waals surface area contributed by atoms with Crippen molar-refractivity contribution >= 4 is 28.2 Å². The van der Waals surface area contributed by atoms with Crippen LogP contribution < -0.4 is 4.90 Å². The van der Waals surface area contributed by atoms with Crippen LogP contribution in [0.1, 0.15) is 81.3 Å². The molecule has 1 nitrogen and oxygen atoms in total. The first-order valence-electron chi connectivity index (χ1n) is 23.0. The highest BCUT2D eigenvalue weighted by Crippen LogP contribution is 2.55. The quantitative estimate of drug-likeness (QED) is 0.124. The van der Waals surface area contributed by atoms with Crippen LogP contribution in [0.25, 0.3) is 55.7 Å². The van der Waals surface area contributed by atoms with Gasteiger partial charge in [-0.15, -0.1) is 0 Å².